The lowest BCUT2D eigenvalue weighted by atomic mass is 10.2. The van der Waals surface area contributed by atoms with Crippen molar-refractivity contribution in [2.45, 2.75) is 0 Å². The number of nitrogens with zero attached hydrogens (tertiary/aromatic N) is 1. The number of hydrogen-bond acceptors (Lipinski definition) is 2. The standard InChI is InChI=1S/C13H12N3O/c1-2-8-14-13(17)11-9-15-12(16-11)10-6-4-3-5-7-10/h2,4-7,9H,1,8H2,(H,14,17)(H,15,16). The molecule has 0 aliphatic carbocycles. The predicted octanol–water partition coefficient (Wildman–Crippen LogP) is 1.79. The van der Waals surface area contributed by atoms with Crippen LogP contribution in [0.4, 0.5) is 0 Å². The fourth-order valence-electron chi connectivity index (χ4n) is 1.39. The summed E-state index contributed by atoms with van der Waals surface area (Å²) in [6, 6.07) is 10.3. The lowest BCUT2D eigenvalue weighted by Crippen LogP contribution is -2.23. The molecule has 4 nitrogen and oxygen atoms in total. The van der Waals surface area contributed by atoms with Gasteiger partial charge in [-0.1, -0.05) is 30.3 Å². The molecule has 0 bridgehead atoms. The van der Waals surface area contributed by atoms with Gasteiger partial charge >= 0.3 is 0 Å². The molecular formula is C13H12N3O. The topological polar surface area (TPSA) is 57.8 Å². The summed E-state index contributed by atoms with van der Waals surface area (Å²) in [5.74, 6) is 0.456. The molecule has 0 saturated carbocycles. The van der Waals surface area contributed by atoms with E-state index in [-0.39, 0.29) is 5.91 Å². The van der Waals surface area contributed by atoms with Gasteiger partial charge in [-0.05, 0) is 6.07 Å². The maximum absolute atomic E-state index is 11.6. The van der Waals surface area contributed by atoms with E-state index in [1.165, 1.54) is 0 Å². The minimum Gasteiger partial charge on any atom is -0.347 e. The molecular weight excluding hydrogens is 214 g/mol. The SMILES string of the molecule is C=CCNC(=O)c1c[nH]c(-c2cc[c]cc2)n1. The highest BCUT2D eigenvalue weighted by Gasteiger charge is 2.09. The highest BCUT2D eigenvalue weighted by atomic mass is 16.1. The number of amides is 1. The Balaban J connectivity index is 2.16. The third-order valence-electron chi connectivity index (χ3n) is 2.21. The molecule has 1 heterocycles. The Morgan fingerprint density at radius 3 is 3.00 bits per heavy atom. The second-order valence-electron chi connectivity index (χ2n) is 3.42. The third-order valence-corrected chi connectivity index (χ3v) is 2.21. The number of hydrogen-bond donors (Lipinski definition) is 2. The molecule has 0 atom stereocenters. The number of aromatic nitrogens is 2. The van der Waals surface area contributed by atoms with Crippen molar-refractivity contribution in [3.8, 4) is 11.4 Å². The monoisotopic (exact) mass is 226 g/mol. The fraction of sp³-hybridized carbons (Fsp3) is 0.0769. The van der Waals surface area contributed by atoms with Gasteiger partial charge in [0.1, 0.15) is 11.5 Å². The number of imidazole rings is 1. The number of rotatable bonds is 4. The van der Waals surface area contributed by atoms with Gasteiger partial charge in [-0.25, -0.2) is 4.98 Å². The average Bonchev–Trinajstić information content (AvgIpc) is 2.86. The highest BCUT2D eigenvalue weighted by Crippen LogP contribution is 2.14. The Kier molecular flexibility index (Phi) is 3.35. The minimum atomic E-state index is -0.213. The Bertz CT molecular complexity index is 516. The van der Waals surface area contributed by atoms with Crippen LogP contribution in [-0.4, -0.2) is 22.4 Å². The molecule has 1 aromatic carbocycles. The van der Waals surface area contributed by atoms with Crippen LogP contribution >= 0.6 is 0 Å². The van der Waals surface area contributed by atoms with Crippen LogP contribution in [0.25, 0.3) is 11.4 Å². The van der Waals surface area contributed by atoms with E-state index < -0.39 is 0 Å². The normalized spacial score (nSPS) is 9.88. The zero-order valence-electron chi connectivity index (χ0n) is 9.23. The van der Waals surface area contributed by atoms with Crippen LogP contribution in [0.15, 0.2) is 43.1 Å². The van der Waals surface area contributed by atoms with Crippen LogP contribution in [-0.2, 0) is 0 Å². The fourth-order valence-corrected chi connectivity index (χ4v) is 1.39. The summed E-state index contributed by atoms with van der Waals surface area (Å²) >= 11 is 0. The quantitative estimate of drug-likeness (QED) is 0.781. The van der Waals surface area contributed by atoms with Crippen LogP contribution in [0.2, 0.25) is 0 Å². The summed E-state index contributed by atoms with van der Waals surface area (Å²) in [5, 5.41) is 2.67. The molecule has 2 N–H and O–H groups in total. The summed E-state index contributed by atoms with van der Waals surface area (Å²) in [7, 11) is 0. The Hall–Kier alpha value is -2.36. The lowest BCUT2D eigenvalue weighted by molar-refractivity contribution is 0.0953. The van der Waals surface area contributed by atoms with Gasteiger partial charge in [-0.2, -0.15) is 0 Å². The van der Waals surface area contributed by atoms with Crippen LogP contribution < -0.4 is 5.32 Å². The molecule has 17 heavy (non-hydrogen) atoms. The van der Waals surface area contributed by atoms with E-state index >= 15 is 0 Å². The number of carbonyl (C=O) groups excluding carboxylic acids is 1. The number of nitrogens with one attached hydrogen (secondary N) is 2. The summed E-state index contributed by atoms with van der Waals surface area (Å²) in [6.07, 6.45) is 3.21. The molecule has 0 spiro atoms. The molecule has 4 heteroatoms. The van der Waals surface area contributed by atoms with Crippen LogP contribution in [0.3, 0.4) is 0 Å². The maximum atomic E-state index is 11.6. The number of benzene rings is 1. The second-order valence-corrected chi connectivity index (χ2v) is 3.42. The summed E-state index contributed by atoms with van der Waals surface area (Å²) in [4.78, 5) is 18.8. The van der Waals surface area contributed by atoms with E-state index in [0.29, 0.717) is 18.1 Å². The first-order chi connectivity index (χ1) is 8.31. The maximum Gasteiger partial charge on any atom is 0.271 e. The zero-order chi connectivity index (χ0) is 12.1. The van der Waals surface area contributed by atoms with Crippen molar-refractivity contribution in [1.82, 2.24) is 15.3 Å². The van der Waals surface area contributed by atoms with E-state index in [1.54, 1.807) is 24.4 Å². The molecule has 85 valence electrons. The predicted molar refractivity (Wildman–Crippen MR) is 65.4 cm³/mol. The van der Waals surface area contributed by atoms with Gasteiger partial charge in [0, 0.05) is 18.3 Å². The van der Waals surface area contributed by atoms with Crippen molar-refractivity contribution >= 4 is 5.91 Å². The van der Waals surface area contributed by atoms with Crippen molar-refractivity contribution in [2.24, 2.45) is 0 Å². The Labute approximate surface area is 99.4 Å². The summed E-state index contributed by atoms with van der Waals surface area (Å²) in [6.45, 7) is 3.96. The van der Waals surface area contributed by atoms with Gasteiger partial charge < -0.3 is 10.3 Å². The van der Waals surface area contributed by atoms with Crippen molar-refractivity contribution in [1.29, 1.82) is 0 Å². The smallest absolute Gasteiger partial charge is 0.271 e. The number of H-pyrrole nitrogens is 1. The summed E-state index contributed by atoms with van der Waals surface area (Å²) in [5.41, 5.74) is 1.29. The first-order valence-electron chi connectivity index (χ1n) is 5.22. The molecule has 0 saturated heterocycles. The average molecular weight is 226 g/mol. The third kappa shape index (κ3) is 2.60. The number of aromatic amines is 1. The van der Waals surface area contributed by atoms with Crippen LogP contribution in [0.1, 0.15) is 10.5 Å². The van der Waals surface area contributed by atoms with E-state index in [0.717, 1.165) is 5.56 Å². The van der Waals surface area contributed by atoms with E-state index in [2.05, 4.69) is 27.9 Å². The Morgan fingerprint density at radius 1 is 1.53 bits per heavy atom. The first kappa shape index (κ1) is 11.1. The Morgan fingerprint density at radius 2 is 2.29 bits per heavy atom. The van der Waals surface area contributed by atoms with Crippen LogP contribution in [0.5, 0.6) is 0 Å². The van der Waals surface area contributed by atoms with Gasteiger partial charge in [0.05, 0.1) is 0 Å². The van der Waals surface area contributed by atoms with Gasteiger partial charge in [0.15, 0.2) is 0 Å². The molecule has 1 aromatic heterocycles. The summed E-state index contributed by atoms with van der Waals surface area (Å²) < 4.78 is 0. The van der Waals surface area contributed by atoms with E-state index in [4.69, 9.17) is 0 Å². The molecule has 0 aliphatic rings. The van der Waals surface area contributed by atoms with Gasteiger partial charge in [0.2, 0.25) is 0 Å². The molecule has 0 fully saturated rings. The first-order valence-corrected chi connectivity index (χ1v) is 5.22. The second kappa shape index (κ2) is 5.12. The molecule has 0 unspecified atom stereocenters. The lowest BCUT2D eigenvalue weighted by Gasteiger charge is -1.97. The number of carbonyl (C=O) groups is 1. The van der Waals surface area contributed by atoms with Crippen LogP contribution in [0, 0.1) is 6.07 Å². The van der Waals surface area contributed by atoms with Gasteiger partial charge in [0.25, 0.3) is 5.91 Å². The van der Waals surface area contributed by atoms with Crippen molar-refractivity contribution in [2.75, 3.05) is 6.54 Å². The van der Waals surface area contributed by atoms with E-state index in [9.17, 15) is 4.79 Å². The molecule has 0 aliphatic heterocycles. The molecule has 2 rings (SSSR count). The van der Waals surface area contributed by atoms with E-state index in [1.807, 2.05) is 12.1 Å². The molecule has 1 radical (unpaired) electrons. The van der Waals surface area contributed by atoms with Crippen molar-refractivity contribution < 1.29 is 4.79 Å². The highest BCUT2D eigenvalue weighted by molar-refractivity contribution is 5.92. The largest absolute Gasteiger partial charge is 0.347 e. The molecule has 2 aromatic rings. The zero-order valence-corrected chi connectivity index (χ0v) is 9.23. The van der Waals surface area contributed by atoms with Gasteiger partial charge in [-0.15, -0.1) is 6.58 Å². The minimum absolute atomic E-state index is 0.213. The molecule has 1 amide bonds. The van der Waals surface area contributed by atoms with Crippen molar-refractivity contribution in [3.05, 3.63) is 54.9 Å². The van der Waals surface area contributed by atoms with Gasteiger partial charge in [-0.3, -0.25) is 4.79 Å². The van der Waals surface area contributed by atoms with Crippen molar-refractivity contribution in [3.63, 3.8) is 0 Å².